The van der Waals surface area contributed by atoms with Crippen LogP contribution in [0, 0.1) is 12.8 Å². The van der Waals surface area contributed by atoms with E-state index in [4.69, 9.17) is 4.74 Å². The Hall–Kier alpha value is -2.97. The lowest BCUT2D eigenvalue weighted by molar-refractivity contribution is 0.102. The lowest BCUT2D eigenvalue weighted by Crippen LogP contribution is -2.18. The highest BCUT2D eigenvalue weighted by molar-refractivity contribution is 7.90. The predicted octanol–water partition coefficient (Wildman–Crippen LogP) is 4.50. The zero-order valence-corrected chi connectivity index (χ0v) is 21.2. The number of sulfone groups is 1. The van der Waals surface area contributed by atoms with E-state index in [1.807, 2.05) is 37.4 Å². The van der Waals surface area contributed by atoms with Crippen LogP contribution in [0.4, 0.5) is 5.69 Å². The van der Waals surface area contributed by atoms with Gasteiger partial charge in [-0.1, -0.05) is 18.9 Å². The molecule has 0 saturated heterocycles. The Balaban J connectivity index is 1.33. The zero-order valence-electron chi connectivity index (χ0n) is 20.3. The Morgan fingerprint density at radius 2 is 1.91 bits per heavy atom. The van der Waals surface area contributed by atoms with Gasteiger partial charge in [0.1, 0.15) is 15.6 Å². The molecule has 1 saturated carbocycles. The Kier molecular flexibility index (Phi) is 8.03. The second-order valence-corrected chi connectivity index (χ2v) is 11.6. The van der Waals surface area contributed by atoms with Gasteiger partial charge in [-0.05, 0) is 79.8 Å². The molecule has 1 aliphatic carbocycles. The number of nitrogens with zero attached hydrogens (tertiary/aromatic N) is 1. The highest BCUT2D eigenvalue weighted by atomic mass is 32.2. The first-order chi connectivity index (χ1) is 16.8. The van der Waals surface area contributed by atoms with Gasteiger partial charge in [0.15, 0.2) is 0 Å². The summed E-state index contributed by atoms with van der Waals surface area (Å²) in [6.07, 6.45) is 7.38. The molecule has 0 aliphatic heterocycles. The number of nitrogens with one attached hydrogen (secondary N) is 2. The van der Waals surface area contributed by atoms with Crippen molar-refractivity contribution in [2.24, 2.45) is 5.92 Å². The highest BCUT2D eigenvalue weighted by Gasteiger charge is 2.20. The molecule has 186 valence electrons. The number of aromatic nitrogens is 1. The molecule has 8 heteroatoms. The van der Waals surface area contributed by atoms with E-state index in [9.17, 15) is 13.2 Å². The molecule has 1 amide bonds. The highest BCUT2D eigenvalue weighted by Crippen LogP contribution is 2.32. The molecule has 0 unspecified atom stereocenters. The van der Waals surface area contributed by atoms with E-state index in [1.165, 1.54) is 19.1 Å². The topological polar surface area (TPSA) is 97.4 Å². The summed E-state index contributed by atoms with van der Waals surface area (Å²) in [5, 5.41) is 7.25. The van der Waals surface area contributed by atoms with E-state index in [-0.39, 0.29) is 11.7 Å². The molecule has 2 aromatic carbocycles. The normalized spacial score (nSPS) is 13.7. The molecule has 1 heterocycles. The molecule has 1 aromatic heterocycles. The van der Waals surface area contributed by atoms with Crippen LogP contribution >= 0.6 is 0 Å². The summed E-state index contributed by atoms with van der Waals surface area (Å²) in [6, 6.07) is 13.2. The summed E-state index contributed by atoms with van der Waals surface area (Å²) in [5.41, 5.74) is 4.06. The Morgan fingerprint density at radius 3 is 2.63 bits per heavy atom. The van der Waals surface area contributed by atoms with Gasteiger partial charge in [0.25, 0.3) is 5.91 Å². The first kappa shape index (κ1) is 25.1. The molecule has 0 radical (unpaired) electrons. The van der Waals surface area contributed by atoms with Gasteiger partial charge in [0.2, 0.25) is 0 Å². The standard InChI is InChI=1S/C27H33N3O4S/c1-19-25(30-27(31)22-6-9-24(10-7-22)34-14-12-20-4-5-20)11-8-23-16-21(18-29-26(19)23)17-28-13-3-15-35(2,32)33/h6-11,16,18,20,28H,3-5,12-15,17H2,1-2H3,(H,30,31). The summed E-state index contributed by atoms with van der Waals surface area (Å²) in [6.45, 7) is 3.92. The van der Waals surface area contributed by atoms with Gasteiger partial charge in [-0.15, -0.1) is 0 Å². The van der Waals surface area contributed by atoms with E-state index in [2.05, 4.69) is 21.7 Å². The van der Waals surface area contributed by atoms with Gasteiger partial charge < -0.3 is 15.4 Å². The number of ether oxygens (including phenoxy) is 1. The van der Waals surface area contributed by atoms with Crippen molar-refractivity contribution in [2.75, 3.05) is 30.5 Å². The minimum atomic E-state index is -2.93. The van der Waals surface area contributed by atoms with Crippen LogP contribution in [0.5, 0.6) is 5.75 Å². The number of anilines is 1. The van der Waals surface area contributed by atoms with Gasteiger partial charge in [-0.25, -0.2) is 8.42 Å². The van der Waals surface area contributed by atoms with Crippen LogP contribution < -0.4 is 15.4 Å². The Morgan fingerprint density at radius 1 is 1.14 bits per heavy atom. The van der Waals surface area contributed by atoms with Crippen molar-refractivity contribution >= 4 is 32.3 Å². The smallest absolute Gasteiger partial charge is 0.255 e. The van der Waals surface area contributed by atoms with Crippen LogP contribution in [0.25, 0.3) is 10.9 Å². The third-order valence-electron chi connectivity index (χ3n) is 6.22. The maximum atomic E-state index is 12.8. The van der Waals surface area contributed by atoms with Gasteiger partial charge in [-0.2, -0.15) is 0 Å². The molecule has 1 fully saturated rings. The summed E-state index contributed by atoms with van der Waals surface area (Å²) in [4.78, 5) is 17.4. The van der Waals surface area contributed by atoms with Gasteiger partial charge in [0, 0.05) is 35.6 Å². The van der Waals surface area contributed by atoms with E-state index in [0.717, 1.165) is 52.4 Å². The summed E-state index contributed by atoms with van der Waals surface area (Å²) in [7, 11) is -2.93. The molecule has 7 nitrogen and oxygen atoms in total. The van der Waals surface area contributed by atoms with Gasteiger partial charge in [-0.3, -0.25) is 9.78 Å². The molecule has 35 heavy (non-hydrogen) atoms. The van der Waals surface area contributed by atoms with Crippen LogP contribution in [-0.2, 0) is 16.4 Å². The Bertz CT molecular complexity index is 1290. The largest absolute Gasteiger partial charge is 0.494 e. The van der Waals surface area contributed by atoms with Crippen molar-refractivity contribution in [1.82, 2.24) is 10.3 Å². The minimum absolute atomic E-state index is 0.174. The third-order valence-corrected chi connectivity index (χ3v) is 7.25. The summed E-state index contributed by atoms with van der Waals surface area (Å²) in [5.74, 6) is 1.63. The lowest BCUT2D eigenvalue weighted by Gasteiger charge is -2.12. The number of hydrogen-bond donors (Lipinski definition) is 2. The predicted molar refractivity (Wildman–Crippen MR) is 140 cm³/mol. The number of amides is 1. The summed E-state index contributed by atoms with van der Waals surface area (Å²) < 4.78 is 28.2. The molecule has 1 aliphatic rings. The number of fused-ring (bicyclic) bond motifs is 1. The lowest BCUT2D eigenvalue weighted by atomic mass is 10.1. The van der Waals surface area contributed by atoms with Crippen molar-refractivity contribution in [2.45, 2.75) is 39.2 Å². The number of rotatable bonds is 12. The quantitative estimate of drug-likeness (QED) is 0.359. The van der Waals surface area contributed by atoms with Crippen LogP contribution in [0.3, 0.4) is 0 Å². The van der Waals surface area contributed by atoms with Crippen molar-refractivity contribution in [3.05, 3.63) is 65.4 Å². The fraction of sp³-hybridized carbons (Fsp3) is 0.407. The number of carbonyl (C=O) groups excluding carboxylic acids is 1. The van der Waals surface area contributed by atoms with Gasteiger partial charge in [0.05, 0.1) is 17.9 Å². The van der Waals surface area contributed by atoms with Crippen molar-refractivity contribution < 1.29 is 17.9 Å². The average molecular weight is 496 g/mol. The first-order valence-corrected chi connectivity index (χ1v) is 14.2. The maximum absolute atomic E-state index is 12.8. The molecule has 3 aromatic rings. The zero-order chi connectivity index (χ0) is 24.8. The van der Waals surface area contributed by atoms with Crippen LogP contribution in [0.1, 0.15) is 47.2 Å². The third kappa shape index (κ3) is 7.50. The van der Waals surface area contributed by atoms with E-state index in [0.29, 0.717) is 25.1 Å². The molecular weight excluding hydrogens is 462 g/mol. The SMILES string of the molecule is Cc1c(NC(=O)c2ccc(OCCC3CC3)cc2)ccc2cc(CNCCCS(C)(=O)=O)cnc12. The molecule has 0 spiro atoms. The number of aryl methyl sites for hydroxylation is 1. The second-order valence-electron chi connectivity index (χ2n) is 9.37. The molecular formula is C27H33N3O4S. The minimum Gasteiger partial charge on any atom is -0.494 e. The van der Waals surface area contributed by atoms with Crippen LogP contribution in [0.15, 0.2) is 48.7 Å². The van der Waals surface area contributed by atoms with E-state index >= 15 is 0 Å². The number of benzene rings is 2. The molecule has 2 N–H and O–H groups in total. The molecule has 0 bridgehead atoms. The fourth-order valence-corrected chi connectivity index (χ4v) is 4.63. The van der Waals surface area contributed by atoms with E-state index in [1.54, 1.807) is 12.1 Å². The van der Waals surface area contributed by atoms with Crippen LogP contribution in [-0.4, -0.2) is 44.5 Å². The second kappa shape index (κ2) is 11.2. The maximum Gasteiger partial charge on any atom is 0.255 e. The molecule has 0 atom stereocenters. The van der Waals surface area contributed by atoms with Crippen molar-refractivity contribution in [1.29, 1.82) is 0 Å². The number of pyridine rings is 1. The Labute approximate surface area is 207 Å². The molecule has 4 rings (SSSR count). The number of hydrogen-bond acceptors (Lipinski definition) is 6. The fourth-order valence-electron chi connectivity index (χ4n) is 3.96. The van der Waals surface area contributed by atoms with Crippen molar-refractivity contribution in [3.8, 4) is 5.75 Å². The van der Waals surface area contributed by atoms with Gasteiger partial charge >= 0.3 is 0 Å². The monoisotopic (exact) mass is 495 g/mol. The van der Waals surface area contributed by atoms with Crippen molar-refractivity contribution in [3.63, 3.8) is 0 Å². The average Bonchev–Trinajstić information content (AvgIpc) is 3.65. The first-order valence-electron chi connectivity index (χ1n) is 12.1. The number of carbonyl (C=O) groups is 1. The summed E-state index contributed by atoms with van der Waals surface area (Å²) >= 11 is 0. The van der Waals surface area contributed by atoms with Crippen LogP contribution in [0.2, 0.25) is 0 Å². The van der Waals surface area contributed by atoms with E-state index < -0.39 is 9.84 Å².